The lowest BCUT2D eigenvalue weighted by atomic mass is 10.1. The van der Waals surface area contributed by atoms with Gasteiger partial charge in [-0.15, -0.1) is 23.1 Å². The Morgan fingerprint density at radius 2 is 1.76 bits per heavy atom. The summed E-state index contributed by atoms with van der Waals surface area (Å²) in [5.74, 6) is 0.873. The largest absolute Gasteiger partial charge is 0.361 e. The SMILES string of the molecule is Cc1nc(CSc2ccccc2C(=O)N2CCN(C(=O)Cc3c[nH]c4ccccc34)CC2)cs1. The van der Waals surface area contributed by atoms with E-state index in [2.05, 4.69) is 15.3 Å². The summed E-state index contributed by atoms with van der Waals surface area (Å²) in [5.41, 5.74) is 3.82. The predicted octanol–water partition coefficient (Wildman–Crippen LogP) is 4.75. The Morgan fingerprint density at radius 3 is 2.56 bits per heavy atom. The Bertz CT molecular complexity index is 1320. The van der Waals surface area contributed by atoms with E-state index in [1.807, 2.05) is 71.5 Å². The van der Waals surface area contributed by atoms with E-state index in [-0.39, 0.29) is 11.8 Å². The lowest BCUT2D eigenvalue weighted by Crippen LogP contribution is -2.51. The Hall–Kier alpha value is -3.10. The smallest absolute Gasteiger partial charge is 0.255 e. The number of benzene rings is 2. The highest BCUT2D eigenvalue weighted by Crippen LogP contribution is 2.28. The van der Waals surface area contributed by atoms with Crippen molar-refractivity contribution in [3.63, 3.8) is 0 Å². The molecule has 0 spiro atoms. The molecule has 1 aliphatic heterocycles. The van der Waals surface area contributed by atoms with Gasteiger partial charge in [0.25, 0.3) is 5.91 Å². The zero-order valence-corrected chi connectivity index (χ0v) is 20.6. The minimum absolute atomic E-state index is 0.0290. The van der Waals surface area contributed by atoms with E-state index in [0.717, 1.165) is 43.4 Å². The van der Waals surface area contributed by atoms with Crippen LogP contribution in [0.5, 0.6) is 0 Å². The van der Waals surface area contributed by atoms with Crippen molar-refractivity contribution in [1.82, 2.24) is 19.8 Å². The van der Waals surface area contributed by atoms with Gasteiger partial charge in [-0.3, -0.25) is 9.59 Å². The summed E-state index contributed by atoms with van der Waals surface area (Å²) in [4.78, 5) is 38.7. The van der Waals surface area contributed by atoms with E-state index >= 15 is 0 Å². The highest BCUT2D eigenvalue weighted by atomic mass is 32.2. The van der Waals surface area contributed by atoms with E-state index in [1.165, 1.54) is 0 Å². The molecular formula is C26H26N4O2S2. The molecule has 2 aromatic carbocycles. The zero-order chi connectivity index (χ0) is 23.5. The van der Waals surface area contributed by atoms with Crippen LogP contribution in [0, 0.1) is 6.92 Å². The maximum atomic E-state index is 13.3. The number of hydrogen-bond donors (Lipinski definition) is 1. The van der Waals surface area contributed by atoms with Crippen molar-refractivity contribution < 1.29 is 9.59 Å². The van der Waals surface area contributed by atoms with Gasteiger partial charge in [0, 0.05) is 59.3 Å². The molecule has 0 bridgehead atoms. The molecule has 1 fully saturated rings. The quantitative estimate of drug-likeness (QED) is 0.396. The number of aromatic nitrogens is 2. The van der Waals surface area contributed by atoms with Crippen LogP contribution in [-0.2, 0) is 17.0 Å². The number of H-pyrrole nitrogens is 1. The summed E-state index contributed by atoms with van der Waals surface area (Å²) < 4.78 is 0. The number of hydrogen-bond acceptors (Lipinski definition) is 5. The molecule has 174 valence electrons. The summed E-state index contributed by atoms with van der Waals surface area (Å²) in [5, 5.41) is 4.21. The van der Waals surface area contributed by atoms with Crippen molar-refractivity contribution in [2.75, 3.05) is 26.2 Å². The molecule has 8 heteroatoms. The van der Waals surface area contributed by atoms with Crippen LogP contribution in [0.15, 0.2) is 65.0 Å². The van der Waals surface area contributed by atoms with Crippen LogP contribution in [0.1, 0.15) is 26.6 Å². The normalized spacial score (nSPS) is 14.0. The molecule has 0 aliphatic carbocycles. The van der Waals surface area contributed by atoms with Crippen LogP contribution in [0.25, 0.3) is 10.9 Å². The minimum atomic E-state index is 0.0290. The zero-order valence-electron chi connectivity index (χ0n) is 19.0. The van der Waals surface area contributed by atoms with Gasteiger partial charge in [0.05, 0.1) is 22.7 Å². The summed E-state index contributed by atoms with van der Waals surface area (Å²) in [7, 11) is 0. The lowest BCUT2D eigenvalue weighted by molar-refractivity contribution is -0.131. The fraction of sp³-hybridized carbons (Fsp3) is 0.269. The van der Waals surface area contributed by atoms with E-state index in [0.29, 0.717) is 32.6 Å². The van der Waals surface area contributed by atoms with Crippen molar-refractivity contribution in [2.45, 2.75) is 24.0 Å². The van der Waals surface area contributed by atoms with Gasteiger partial charge in [0.15, 0.2) is 0 Å². The second-order valence-corrected chi connectivity index (χ2v) is 10.4. The first-order valence-electron chi connectivity index (χ1n) is 11.3. The topological polar surface area (TPSA) is 69.3 Å². The summed E-state index contributed by atoms with van der Waals surface area (Å²) in [6.45, 7) is 4.20. The van der Waals surface area contributed by atoms with Gasteiger partial charge in [-0.05, 0) is 30.7 Å². The molecule has 1 aliphatic rings. The molecule has 6 nitrogen and oxygen atoms in total. The molecule has 1 N–H and O–H groups in total. The molecule has 5 rings (SSSR count). The van der Waals surface area contributed by atoms with Crippen LogP contribution < -0.4 is 0 Å². The molecule has 0 saturated carbocycles. The number of para-hydroxylation sites is 1. The molecule has 0 atom stereocenters. The number of carbonyl (C=O) groups is 2. The summed E-state index contributed by atoms with van der Waals surface area (Å²) >= 11 is 3.29. The van der Waals surface area contributed by atoms with Gasteiger partial charge in [0.1, 0.15) is 0 Å². The number of thiazole rings is 1. The van der Waals surface area contributed by atoms with Gasteiger partial charge in [-0.2, -0.15) is 0 Å². The number of nitrogens with zero attached hydrogens (tertiary/aromatic N) is 3. The number of fused-ring (bicyclic) bond motifs is 1. The van der Waals surface area contributed by atoms with Crippen LogP contribution in [-0.4, -0.2) is 57.8 Å². The van der Waals surface area contributed by atoms with Crippen LogP contribution in [0.3, 0.4) is 0 Å². The molecule has 0 radical (unpaired) electrons. The fourth-order valence-corrected chi connectivity index (χ4v) is 5.93. The van der Waals surface area contributed by atoms with E-state index in [1.54, 1.807) is 23.1 Å². The molecular weight excluding hydrogens is 464 g/mol. The molecule has 3 heterocycles. The van der Waals surface area contributed by atoms with Crippen molar-refractivity contribution in [1.29, 1.82) is 0 Å². The lowest BCUT2D eigenvalue weighted by Gasteiger charge is -2.35. The monoisotopic (exact) mass is 490 g/mol. The molecule has 1 saturated heterocycles. The van der Waals surface area contributed by atoms with E-state index < -0.39 is 0 Å². The Balaban J connectivity index is 1.19. The van der Waals surface area contributed by atoms with Crippen LogP contribution in [0.2, 0.25) is 0 Å². The first-order valence-corrected chi connectivity index (χ1v) is 13.2. The van der Waals surface area contributed by atoms with Crippen molar-refractivity contribution in [3.05, 3.63) is 81.9 Å². The minimum Gasteiger partial charge on any atom is -0.361 e. The third kappa shape index (κ3) is 4.88. The summed E-state index contributed by atoms with van der Waals surface area (Å²) in [6, 6.07) is 15.8. The number of aryl methyl sites for hydroxylation is 1. The second-order valence-electron chi connectivity index (χ2n) is 8.35. The van der Waals surface area contributed by atoms with Crippen LogP contribution in [0.4, 0.5) is 0 Å². The Kier molecular flexibility index (Phi) is 6.69. The molecule has 2 aromatic heterocycles. The average molecular weight is 491 g/mol. The standard InChI is InChI=1S/C26H26N4O2S2/c1-18-28-20(16-33-18)17-34-24-9-5-3-7-22(24)26(32)30-12-10-29(11-13-30)25(31)14-19-15-27-23-8-4-2-6-21(19)23/h2-9,15-16,27H,10-14,17H2,1H3. The van der Waals surface area contributed by atoms with Crippen molar-refractivity contribution in [2.24, 2.45) is 0 Å². The molecule has 0 unspecified atom stereocenters. The van der Waals surface area contributed by atoms with Gasteiger partial charge >= 0.3 is 0 Å². The number of rotatable bonds is 6. The number of aromatic amines is 1. The number of amides is 2. The highest BCUT2D eigenvalue weighted by molar-refractivity contribution is 7.98. The summed E-state index contributed by atoms with van der Waals surface area (Å²) in [6.07, 6.45) is 2.29. The van der Waals surface area contributed by atoms with Crippen molar-refractivity contribution in [3.8, 4) is 0 Å². The maximum Gasteiger partial charge on any atom is 0.255 e. The third-order valence-corrected chi connectivity index (χ3v) is 8.03. The van der Waals surface area contributed by atoms with Crippen LogP contribution >= 0.6 is 23.1 Å². The number of piperazine rings is 1. The Morgan fingerprint density at radius 1 is 1.03 bits per heavy atom. The second kappa shape index (κ2) is 10.0. The van der Waals surface area contributed by atoms with Gasteiger partial charge < -0.3 is 14.8 Å². The maximum absolute atomic E-state index is 13.3. The Labute approximate surface area is 207 Å². The first kappa shape index (κ1) is 22.7. The van der Waals surface area contributed by atoms with Gasteiger partial charge in [0.2, 0.25) is 5.91 Å². The predicted molar refractivity (Wildman–Crippen MR) is 137 cm³/mol. The number of nitrogens with one attached hydrogen (secondary N) is 1. The number of carbonyl (C=O) groups excluding carboxylic acids is 2. The van der Waals surface area contributed by atoms with E-state index in [4.69, 9.17) is 0 Å². The molecule has 4 aromatic rings. The molecule has 2 amide bonds. The van der Waals surface area contributed by atoms with Gasteiger partial charge in [-0.1, -0.05) is 30.3 Å². The fourth-order valence-electron chi connectivity index (χ4n) is 4.28. The molecule has 34 heavy (non-hydrogen) atoms. The van der Waals surface area contributed by atoms with E-state index in [9.17, 15) is 9.59 Å². The van der Waals surface area contributed by atoms with Crippen molar-refractivity contribution >= 4 is 45.8 Å². The first-order chi connectivity index (χ1) is 16.6. The average Bonchev–Trinajstić information content (AvgIpc) is 3.48. The van der Waals surface area contributed by atoms with Gasteiger partial charge in [-0.25, -0.2) is 4.98 Å². The third-order valence-electron chi connectivity index (χ3n) is 6.10. The number of thioether (sulfide) groups is 1. The highest BCUT2D eigenvalue weighted by Gasteiger charge is 2.26.